The number of nitrogens with zero attached hydrogens (tertiary/aromatic N) is 3. The van der Waals surface area contributed by atoms with E-state index in [0.717, 1.165) is 6.08 Å². The molecule has 1 aromatic heterocycles. The summed E-state index contributed by atoms with van der Waals surface area (Å²) in [6.45, 7) is 5.79. The van der Waals surface area contributed by atoms with E-state index in [1.165, 1.54) is 16.3 Å². The molecule has 0 saturated carbocycles. The number of aryl methyl sites for hydroxylation is 1. The molecule has 1 N–H and O–H groups in total. The SMILES string of the molecule is C=CC(=O)NCC(=O)N1CCN(S(=O)(=O)c2cccc3c(OC)nc(C)cc23)CC1. The number of carbonyl (C=O) groups is 2. The molecule has 2 heterocycles. The smallest absolute Gasteiger partial charge is 0.243 e. The molecule has 1 aromatic carbocycles. The monoisotopic (exact) mass is 432 g/mol. The van der Waals surface area contributed by atoms with Gasteiger partial charge in [0.25, 0.3) is 0 Å². The number of ether oxygens (including phenoxy) is 1. The first kappa shape index (κ1) is 21.7. The summed E-state index contributed by atoms with van der Waals surface area (Å²) in [5.41, 5.74) is 0.652. The van der Waals surface area contributed by atoms with Crippen molar-refractivity contribution in [2.45, 2.75) is 11.8 Å². The first-order chi connectivity index (χ1) is 14.3. The predicted molar refractivity (Wildman–Crippen MR) is 112 cm³/mol. The number of fused-ring (bicyclic) bond motifs is 1. The van der Waals surface area contributed by atoms with Crippen LogP contribution in [0.3, 0.4) is 0 Å². The molecule has 0 radical (unpaired) electrons. The Morgan fingerprint density at radius 1 is 1.23 bits per heavy atom. The minimum Gasteiger partial charge on any atom is -0.481 e. The van der Waals surface area contributed by atoms with Crippen LogP contribution in [0.5, 0.6) is 5.88 Å². The van der Waals surface area contributed by atoms with Crippen LogP contribution in [0.1, 0.15) is 5.69 Å². The molecule has 1 saturated heterocycles. The van der Waals surface area contributed by atoms with Gasteiger partial charge in [0.1, 0.15) is 0 Å². The predicted octanol–water partition coefficient (Wildman–Crippen LogP) is 0.687. The molecule has 30 heavy (non-hydrogen) atoms. The second-order valence-electron chi connectivity index (χ2n) is 6.83. The maximum atomic E-state index is 13.3. The van der Waals surface area contributed by atoms with Crippen molar-refractivity contribution in [3.05, 3.63) is 42.6 Å². The molecule has 0 unspecified atom stereocenters. The summed E-state index contributed by atoms with van der Waals surface area (Å²) >= 11 is 0. The molecule has 3 rings (SSSR count). The zero-order chi connectivity index (χ0) is 21.9. The van der Waals surface area contributed by atoms with E-state index < -0.39 is 15.9 Å². The lowest BCUT2D eigenvalue weighted by molar-refractivity contribution is -0.133. The Morgan fingerprint density at radius 3 is 2.57 bits per heavy atom. The Morgan fingerprint density at radius 2 is 1.93 bits per heavy atom. The molecular weight excluding hydrogens is 408 g/mol. The van der Waals surface area contributed by atoms with E-state index in [4.69, 9.17) is 4.74 Å². The summed E-state index contributed by atoms with van der Waals surface area (Å²) in [7, 11) is -2.28. The van der Waals surface area contributed by atoms with E-state index in [1.807, 2.05) is 0 Å². The van der Waals surface area contributed by atoms with Crippen LogP contribution in [0.15, 0.2) is 41.8 Å². The highest BCUT2D eigenvalue weighted by atomic mass is 32.2. The molecule has 1 aliphatic heterocycles. The Bertz CT molecular complexity index is 1090. The van der Waals surface area contributed by atoms with Gasteiger partial charge in [-0.1, -0.05) is 12.6 Å². The number of pyridine rings is 1. The van der Waals surface area contributed by atoms with E-state index in [-0.39, 0.29) is 43.5 Å². The standard InChI is InChI=1S/C20H24N4O5S/c1-4-18(25)21-13-19(26)23-8-10-24(11-9-23)30(27,28)17-7-5-6-15-16(17)12-14(2)22-20(15)29-3/h4-7,12H,1,8-11,13H2,2-3H3,(H,21,25). The Hall–Kier alpha value is -2.98. The van der Waals surface area contributed by atoms with Crippen molar-refractivity contribution in [1.29, 1.82) is 0 Å². The van der Waals surface area contributed by atoms with Crippen molar-refractivity contribution >= 4 is 32.6 Å². The molecule has 0 aliphatic carbocycles. The summed E-state index contributed by atoms with van der Waals surface area (Å²) in [5, 5.41) is 3.60. The summed E-state index contributed by atoms with van der Waals surface area (Å²) in [5.74, 6) is -0.321. The Balaban J connectivity index is 1.80. The number of hydrogen-bond acceptors (Lipinski definition) is 6. The summed E-state index contributed by atoms with van der Waals surface area (Å²) in [4.78, 5) is 29.5. The minimum atomic E-state index is -3.78. The van der Waals surface area contributed by atoms with E-state index >= 15 is 0 Å². The molecule has 2 aromatic rings. The van der Waals surface area contributed by atoms with Crippen LogP contribution in [0.25, 0.3) is 10.8 Å². The number of carbonyl (C=O) groups excluding carboxylic acids is 2. The molecular formula is C20H24N4O5S. The fourth-order valence-electron chi connectivity index (χ4n) is 3.39. The van der Waals surface area contributed by atoms with E-state index in [1.54, 1.807) is 31.2 Å². The number of methoxy groups -OCH3 is 1. The highest BCUT2D eigenvalue weighted by Crippen LogP contribution is 2.31. The van der Waals surface area contributed by atoms with Crippen LogP contribution in [0.4, 0.5) is 0 Å². The van der Waals surface area contributed by atoms with Gasteiger partial charge < -0.3 is 15.0 Å². The average Bonchev–Trinajstić information content (AvgIpc) is 2.76. The lowest BCUT2D eigenvalue weighted by atomic mass is 10.1. The highest BCUT2D eigenvalue weighted by molar-refractivity contribution is 7.89. The molecule has 9 nitrogen and oxygen atoms in total. The summed E-state index contributed by atoms with van der Waals surface area (Å²) < 4.78 is 33.4. The maximum absolute atomic E-state index is 13.3. The number of hydrogen-bond donors (Lipinski definition) is 1. The van der Waals surface area contributed by atoms with Crippen molar-refractivity contribution in [1.82, 2.24) is 19.5 Å². The second-order valence-corrected chi connectivity index (χ2v) is 8.74. The zero-order valence-corrected chi connectivity index (χ0v) is 17.7. The number of rotatable bonds is 6. The normalized spacial score (nSPS) is 15.1. The van der Waals surface area contributed by atoms with Gasteiger partial charge in [-0.25, -0.2) is 13.4 Å². The lowest BCUT2D eigenvalue weighted by Crippen LogP contribution is -2.52. The van der Waals surface area contributed by atoms with Crippen LogP contribution >= 0.6 is 0 Å². The number of sulfonamides is 1. The molecule has 10 heteroatoms. The third-order valence-corrected chi connectivity index (χ3v) is 6.89. The minimum absolute atomic E-state index is 0.146. The van der Waals surface area contributed by atoms with Crippen LogP contribution in [-0.4, -0.2) is 74.3 Å². The lowest BCUT2D eigenvalue weighted by Gasteiger charge is -2.34. The quantitative estimate of drug-likeness (QED) is 0.673. The highest BCUT2D eigenvalue weighted by Gasteiger charge is 2.31. The van der Waals surface area contributed by atoms with Gasteiger partial charge in [0.05, 0.1) is 18.6 Å². The molecule has 0 atom stereocenters. The molecule has 1 fully saturated rings. The van der Waals surface area contributed by atoms with E-state index in [0.29, 0.717) is 22.3 Å². The number of amides is 2. The molecule has 0 bridgehead atoms. The summed E-state index contributed by atoms with van der Waals surface area (Å²) in [6.07, 6.45) is 1.09. The van der Waals surface area contributed by atoms with Gasteiger partial charge >= 0.3 is 0 Å². The first-order valence-electron chi connectivity index (χ1n) is 9.40. The molecule has 160 valence electrons. The van der Waals surface area contributed by atoms with E-state index in [2.05, 4.69) is 16.9 Å². The number of benzene rings is 1. The van der Waals surface area contributed by atoms with Gasteiger partial charge in [-0.3, -0.25) is 9.59 Å². The van der Waals surface area contributed by atoms with Crippen molar-refractivity contribution in [2.24, 2.45) is 0 Å². The van der Waals surface area contributed by atoms with Crippen molar-refractivity contribution in [3.8, 4) is 5.88 Å². The van der Waals surface area contributed by atoms with Crippen LogP contribution in [0.2, 0.25) is 0 Å². The van der Waals surface area contributed by atoms with Crippen LogP contribution in [0, 0.1) is 6.92 Å². The van der Waals surface area contributed by atoms with Gasteiger partial charge in [-0.05, 0) is 31.2 Å². The van der Waals surface area contributed by atoms with Gasteiger partial charge in [-0.2, -0.15) is 4.31 Å². The second kappa shape index (κ2) is 8.80. The number of piperazine rings is 1. The first-order valence-corrected chi connectivity index (χ1v) is 10.8. The summed E-state index contributed by atoms with van der Waals surface area (Å²) in [6, 6.07) is 6.73. The van der Waals surface area contributed by atoms with Crippen molar-refractivity contribution < 1.29 is 22.7 Å². The maximum Gasteiger partial charge on any atom is 0.243 e. The van der Waals surface area contributed by atoms with Gasteiger partial charge in [-0.15, -0.1) is 0 Å². The van der Waals surface area contributed by atoms with Crippen LogP contribution in [-0.2, 0) is 19.6 Å². The van der Waals surface area contributed by atoms with Gasteiger partial charge in [0, 0.05) is 42.6 Å². The Labute approximate surface area is 175 Å². The van der Waals surface area contributed by atoms with Crippen LogP contribution < -0.4 is 10.1 Å². The molecule has 1 aliphatic rings. The van der Waals surface area contributed by atoms with Gasteiger partial charge in [0.2, 0.25) is 27.7 Å². The zero-order valence-electron chi connectivity index (χ0n) is 16.9. The fraction of sp³-hybridized carbons (Fsp3) is 0.350. The molecule has 0 spiro atoms. The number of aromatic nitrogens is 1. The average molecular weight is 433 g/mol. The number of nitrogens with one attached hydrogen (secondary N) is 1. The third kappa shape index (κ3) is 4.29. The topological polar surface area (TPSA) is 109 Å². The fourth-order valence-corrected chi connectivity index (χ4v) is 5.00. The van der Waals surface area contributed by atoms with E-state index in [9.17, 15) is 18.0 Å². The largest absolute Gasteiger partial charge is 0.481 e. The molecule has 2 amide bonds. The van der Waals surface area contributed by atoms with Crippen molar-refractivity contribution in [3.63, 3.8) is 0 Å². The third-order valence-electron chi connectivity index (χ3n) is 4.93. The Kier molecular flexibility index (Phi) is 6.37. The van der Waals surface area contributed by atoms with Crippen molar-refractivity contribution in [2.75, 3.05) is 39.8 Å². The van der Waals surface area contributed by atoms with Gasteiger partial charge in [0.15, 0.2) is 0 Å².